The molecule has 0 radical (unpaired) electrons. The largest absolute Gasteiger partial charge is 0.507 e. The smallest absolute Gasteiger partial charge is 0.268 e. The van der Waals surface area contributed by atoms with Gasteiger partial charge in [-0.1, -0.05) is 36.4 Å². The van der Waals surface area contributed by atoms with Crippen LogP contribution in [0, 0.1) is 0 Å². The molecule has 0 saturated heterocycles. The number of phenols is 1. The number of hydrogen-bond donors (Lipinski definition) is 2. The summed E-state index contributed by atoms with van der Waals surface area (Å²) in [7, 11) is 0. The normalized spacial score (nSPS) is 13.8. The van der Waals surface area contributed by atoms with Crippen LogP contribution in [0.5, 0.6) is 5.75 Å². The van der Waals surface area contributed by atoms with Crippen LogP contribution in [0.1, 0.15) is 20.7 Å². The molecular weight excluding hydrogens is 316 g/mol. The number of rotatable bonds is 1. The van der Waals surface area contributed by atoms with Gasteiger partial charge < -0.3 is 10.1 Å². The van der Waals surface area contributed by atoms with Gasteiger partial charge in [-0.15, -0.1) is 0 Å². The zero-order valence-corrected chi connectivity index (χ0v) is 13.0. The zero-order chi connectivity index (χ0) is 17.1. The van der Waals surface area contributed by atoms with E-state index in [0.717, 1.165) is 15.8 Å². The first-order valence-corrected chi connectivity index (χ1v) is 7.87. The zero-order valence-electron chi connectivity index (χ0n) is 13.0. The van der Waals surface area contributed by atoms with Gasteiger partial charge in [0.2, 0.25) is 0 Å². The van der Waals surface area contributed by atoms with Crippen molar-refractivity contribution in [2.24, 2.45) is 0 Å². The molecule has 3 aromatic carbocycles. The number of para-hydroxylation sites is 2. The molecule has 120 valence electrons. The van der Waals surface area contributed by atoms with Crippen LogP contribution in [0.15, 0.2) is 60.7 Å². The van der Waals surface area contributed by atoms with E-state index in [9.17, 15) is 14.7 Å². The number of aromatic hydroxyl groups is 1. The first kappa shape index (κ1) is 13.8. The van der Waals surface area contributed by atoms with Gasteiger partial charge in [0.1, 0.15) is 5.75 Å². The van der Waals surface area contributed by atoms with Gasteiger partial charge in [0.15, 0.2) is 0 Å². The summed E-state index contributed by atoms with van der Waals surface area (Å²) in [6, 6.07) is 17.7. The molecule has 0 bridgehead atoms. The second-order valence-electron chi connectivity index (χ2n) is 6.02. The Morgan fingerprint density at radius 1 is 0.880 bits per heavy atom. The summed E-state index contributed by atoms with van der Waals surface area (Å²) in [6.45, 7) is 0. The summed E-state index contributed by atoms with van der Waals surface area (Å²) >= 11 is 0. The van der Waals surface area contributed by atoms with E-state index in [1.807, 2.05) is 30.3 Å². The number of benzene rings is 3. The van der Waals surface area contributed by atoms with E-state index in [-0.39, 0.29) is 17.2 Å². The van der Waals surface area contributed by atoms with E-state index in [1.54, 1.807) is 24.3 Å². The van der Waals surface area contributed by atoms with E-state index < -0.39 is 5.91 Å². The predicted molar refractivity (Wildman–Crippen MR) is 95.1 cm³/mol. The lowest BCUT2D eigenvalue weighted by molar-refractivity contribution is 0.0926. The number of fused-ring (bicyclic) bond motifs is 5. The average molecular weight is 328 g/mol. The summed E-state index contributed by atoms with van der Waals surface area (Å²) in [6.07, 6.45) is 0. The van der Waals surface area contributed by atoms with Crippen molar-refractivity contribution >= 4 is 39.3 Å². The lowest BCUT2D eigenvalue weighted by Crippen LogP contribution is -2.29. The molecule has 5 heteroatoms. The molecule has 0 saturated carbocycles. The number of carbonyl (C=O) groups excluding carboxylic acids is 2. The lowest BCUT2D eigenvalue weighted by Gasteiger charge is -2.13. The van der Waals surface area contributed by atoms with Crippen molar-refractivity contribution in [2.45, 2.75) is 0 Å². The summed E-state index contributed by atoms with van der Waals surface area (Å²) < 4.78 is 0. The molecule has 5 nitrogen and oxygen atoms in total. The number of imide groups is 1. The Kier molecular flexibility index (Phi) is 2.60. The Balaban J connectivity index is 1.84. The highest BCUT2D eigenvalue weighted by Crippen LogP contribution is 2.40. The SMILES string of the molecule is O=C1c2cc(O)c3c([nH]c4ccccc43)c2C(=O)N1c1ccccc1. The second-order valence-corrected chi connectivity index (χ2v) is 6.02. The minimum absolute atomic E-state index is 0.0118. The number of aromatic amines is 1. The van der Waals surface area contributed by atoms with Gasteiger partial charge >= 0.3 is 0 Å². The molecule has 4 aromatic rings. The van der Waals surface area contributed by atoms with Crippen molar-refractivity contribution in [3.8, 4) is 5.75 Å². The van der Waals surface area contributed by atoms with E-state index >= 15 is 0 Å². The van der Waals surface area contributed by atoms with Crippen LogP contribution < -0.4 is 4.90 Å². The fraction of sp³-hybridized carbons (Fsp3) is 0. The number of anilines is 1. The highest BCUT2D eigenvalue weighted by atomic mass is 16.3. The van der Waals surface area contributed by atoms with Crippen molar-refractivity contribution in [2.75, 3.05) is 4.90 Å². The molecule has 1 aromatic heterocycles. The molecule has 25 heavy (non-hydrogen) atoms. The van der Waals surface area contributed by atoms with Gasteiger partial charge in [0.25, 0.3) is 11.8 Å². The number of aromatic nitrogens is 1. The maximum atomic E-state index is 13.0. The molecule has 0 fully saturated rings. The Morgan fingerprint density at radius 3 is 2.40 bits per heavy atom. The molecule has 0 aliphatic carbocycles. The molecule has 0 spiro atoms. The van der Waals surface area contributed by atoms with Crippen LogP contribution in [-0.4, -0.2) is 21.9 Å². The van der Waals surface area contributed by atoms with Crippen LogP contribution in [0.25, 0.3) is 21.8 Å². The van der Waals surface area contributed by atoms with E-state index in [2.05, 4.69) is 4.98 Å². The molecule has 0 atom stereocenters. The highest BCUT2D eigenvalue weighted by Gasteiger charge is 2.39. The molecule has 0 unspecified atom stereocenters. The van der Waals surface area contributed by atoms with Crippen LogP contribution in [0.4, 0.5) is 5.69 Å². The van der Waals surface area contributed by atoms with E-state index in [1.165, 1.54) is 6.07 Å². The number of nitrogens with one attached hydrogen (secondary N) is 1. The Labute approximate surface area is 142 Å². The van der Waals surface area contributed by atoms with Crippen LogP contribution in [0.2, 0.25) is 0 Å². The third-order valence-corrected chi connectivity index (χ3v) is 4.63. The standard InChI is InChI=1S/C20H12N2O3/c23-15-10-13-17(18-16(15)12-8-4-5-9-14(12)21-18)20(25)22(19(13)24)11-6-2-1-3-7-11/h1-10,21,23H. The van der Waals surface area contributed by atoms with Gasteiger partial charge in [-0.2, -0.15) is 0 Å². The van der Waals surface area contributed by atoms with Gasteiger partial charge in [0, 0.05) is 16.3 Å². The quantitative estimate of drug-likeness (QED) is 0.522. The molecule has 2 N–H and O–H groups in total. The molecule has 2 heterocycles. The maximum Gasteiger partial charge on any atom is 0.268 e. The van der Waals surface area contributed by atoms with Crippen LogP contribution in [0.3, 0.4) is 0 Å². The van der Waals surface area contributed by atoms with Gasteiger partial charge in [0.05, 0.1) is 22.3 Å². The number of H-pyrrole nitrogens is 1. The van der Waals surface area contributed by atoms with E-state index in [0.29, 0.717) is 22.2 Å². The number of hydrogen-bond acceptors (Lipinski definition) is 3. The average Bonchev–Trinajstić information content (AvgIpc) is 3.12. The molecular formula is C20H12N2O3. The fourth-order valence-corrected chi connectivity index (χ4v) is 3.54. The second kappa shape index (κ2) is 4.70. The predicted octanol–water partition coefficient (Wildman–Crippen LogP) is 3.83. The highest BCUT2D eigenvalue weighted by molar-refractivity contribution is 6.38. The monoisotopic (exact) mass is 328 g/mol. The van der Waals surface area contributed by atoms with Crippen molar-refractivity contribution in [1.29, 1.82) is 0 Å². The number of carbonyl (C=O) groups is 2. The summed E-state index contributed by atoms with van der Waals surface area (Å²) in [5, 5.41) is 11.9. The van der Waals surface area contributed by atoms with Crippen molar-refractivity contribution < 1.29 is 14.7 Å². The van der Waals surface area contributed by atoms with Gasteiger partial charge in [-0.3, -0.25) is 9.59 Å². The van der Waals surface area contributed by atoms with Crippen molar-refractivity contribution in [3.63, 3.8) is 0 Å². The van der Waals surface area contributed by atoms with Gasteiger partial charge in [-0.05, 0) is 24.3 Å². The number of nitrogens with zero attached hydrogens (tertiary/aromatic N) is 1. The molecule has 5 rings (SSSR count). The van der Waals surface area contributed by atoms with Crippen LogP contribution >= 0.6 is 0 Å². The number of phenolic OH excluding ortho intramolecular Hbond substituents is 1. The Hall–Kier alpha value is -3.60. The molecule has 1 aliphatic rings. The van der Waals surface area contributed by atoms with Crippen LogP contribution in [-0.2, 0) is 0 Å². The Morgan fingerprint density at radius 2 is 1.60 bits per heavy atom. The molecule has 1 aliphatic heterocycles. The van der Waals surface area contributed by atoms with Crippen molar-refractivity contribution in [1.82, 2.24) is 4.98 Å². The third kappa shape index (κ3) is 1.72. The first-order valence-electron chi connectivity index (χ1n) is 7.87. The number of amides is 2. The third-order valence-electron chi connectivity index (χ3n) is 4.63. The summed E-state index contributed by atoms with van der Waals surface area (Å²) in [5.74, 6) is -0.827. The summed E-state index contributed by atoms with van der Waals surface area (Å²) in [5.41, 5.74) is 2.33. The molecule has 2 amide bonds. The van der Waals surface area contributed by atoms with E-state index in [4.69, 9.17) is 0 Å². The topological polar surface area (TPSA) is 73.4 Å². The fourth-order valence-electron chi connectivity index (χ4n) is 3.54. The Bertz CT molecular complexity index is 1190. The first-order chi connectivity index (χ1) is 12.2. The van der Waals surface area contributed by atoms with Crippen molar-refractivity contribution in [3.05, 3.63) is 71.8 Å². The summed E-state index contributed by atoms with van der Waals surface area (Å²) in [4.78, 5) is 30.1. The minimum Gasteiger partial charge on any atom is -0.507 e. The van der Waals surface area contributed by atoms with Gasteiger partial charge in [-0.25, -0.2) is 4.90 Å². The minimum atomic E-state index is -0.429. The maximum absolute atomic E-state index is 13.0. The lowest BCUT2D eigenvalue weighted by atomic mass is 10.0.